The molecule has 0 bridgehead atoms. The third-order valence-corrected chi connectivity index (χ3v) is 4.82. The number of hydrogen-bond donors (Lipinski definition) is 0. The van der Waals surface area contributed by atoms with Crippen LogP contribution in [0.25, 0.3) is 0 Å². The summed E-state index contributed by atoms with van der Waals surface area (Å²) in [5.41, 5.74) is -0.658. The van der Waals surface area contributed by atoms with Crippen LogP contribution in [0.2, 0.25) is 0 Å². The van der Waals surface area contributed by atoms with E-state index in [0.717, 1.165) is 0 Å². The van der Waals surface area contributed by atoms with E-state index in [2.05, 4.69) is 20.4 Å². The topological polar surface area (TPSA) is 61.8 Å². The molecule has 1 aromatic rings. The van der Waals surface area contributed by atoms with Gasteiger partial charge in [-0.15, -0.1) is 0 Å². The van der Waals surface area contributed by atoms with E-state index < -0.39 is 11.4 Å². The van der Waals surface area contributed by atoms with Gasteiger partial charge in [-0.25, -0.2) is 4.79 Å². The normalized spacial score (nSPS) is 13.7. The first-order valence-electron chi connectivity index (χ1n) is 9.10. The summed E-state index contributed by atoms with van der Waals surface area (Å²) in [6.45, 7) is 17.3. The first kappa shape index (κ1) is 22.7. The second kappa shape index (κ2) is 8.59. The lowest BCUT2D eigenvalue weighted by Gasteiger charge is -2.40. The lowest BCUT2D eigenvalue weighted by Crippen LogP contribution is -2.44. The van der Waals surface area contributed by atoms with E-state index in [-0.39, 0.29) is 17.1 Å². The number of carbonyl (C=O) groups excluding carboxylic acids is 2. The summed E-state index contributed by atoms with van der Waals surface area (Å²) in [5, 5.41) is 0. The van der Waals surface area contributed by atoms with Gasteiger partial charge in [-0.3, -0.25) is 4.79 Å². The Morgan fingerprint density at radius 3 is 2.11 bits per heavy atom. The van der Waals surface area contributed by atoms with Gasteiger partial charge >= 0.3 is 11.9 Å². The standard InChI is InChI=1S/C22H32O5/c1-14(2)13-22(8,21(5,6)7)20(24)27-17-11-10-16(12-18(17)25-9)26-19(23)15(3)4/h10-12,14H,3,13H2,1-2,4-9H3. The van der Waals surface area contributed by atoms with Gasteiger partial charge in [0.15, 0.2) is 11.5 Å². The summed E-state index contributed by atoms with van der Waals surface area (Å²) in [7, 11) is 1.47. The van der Waals surface area contributed by atoms with Gasteiger partial charge in [0.1, 0.15) is 5.75 Å². The molecule has 0 aliphatic carbocycles. The molecule has 1 unspecified atom stereocenters. The minimum Gasteiger partial charge on any atom is -0.493 e. The Labute approximate surface area is 162 Å². The van der Waals surface area contributed by atoms with Crippen molar-refractivity contribution < 1.29 is 23.8 Å². The molecule has 0 saturated carbocycles. The number of hydrogen-bond acceptors (Lipinski definition) is 5. The predicted octanol–water partition coefficient (Wildman–Crippen LogP) is 5.18. The highest BCUT2D eigenvalue weighted by Crippen LogP contribution is 2.45. The molecule has 0 heterocycles. The van der Waals surface area contributed by atoms with Crippen LogP contribution in [-0.2, 0) is 9.59 Å². The minimum atomic E-state index is -0.669. The van der Waals surface area contributed by atoms with Gasteiger partial charge in [0.25, 0.3) is 0 Å². The first-order valence-corrected chi connectivity index (χ1v) is 9.10. The van der Waals surface area contributed by atoms with Gasteiger partial charge in [-0.2, -0.15) is 0 Å². The van der Waals surface area contributed by atoms with Crippen molar-refractivity contribution in [2.45, 2.75) is 54.9 Å². The maximum Gasteiger partial charge on any atom is 0.338 e. The fraction of sp³-hybridized carbons (Fsp3) is 0.545. The van der Waals surface area contributed by atoms with Crippen molar-refractivity contribution in [2.24, 2.45) is 16.7 Å². The third-order valence-electron chi connectivity index (χ3n) is 4.82. The summed E-state index contributed by atoms with van der Waals surface area (Å²) in [5.74, 6) is 0.397. The van der Waals surface area contributed by atoms with Crippen molar-refractivity contribution in [3.63, 3.8) is 0 Å². The zero-order valence-electron chi connectivity index (χ0n) is 17.8. The van der Waals surface area contributed by atoms with Crippen LogP contribution in [-0.4, -0.2) is 19.0 Å². The van der Waals surface area contributed by atoms with Crippen molar-refractivity contribution in [1.29, 1.82) is 0 Å². The lowest BCUT2D eigenvalue weighted by atomic mass is 9.64. The van der Waals surface area contributed by atoms with Crippen molar-refractivity contribution in [3.8, 4) is 17.2 Å². The van der Waals surface area contributed by atoms with Crippen LogP contribution in [0.3, 0.4) is 0 Å². The maximum absolute atomic E-state index is 13.1. The molecule has 0 spiro atoms. The van der Waals surface area contributed by atoms with Gasteiger partial charge in [0.05, 0.1) is 12.5 Å². The maximum atomic E-state index is 13.1. The zero-order valence-corrected chi connectivity index (χ0v) is 17.8. The van der Waals surface area contributed by atoms with Crippen molar-refractivity contribution in [2.75, 3.05) is 7.11 Å². The third kappa shape index (κ3) is 5.59. The largest absolute Gasteiger partial charge is 0.493 e. The number of ether oxygens (including phenoxy) is 3. The monoisotopic (exact) mass is 376 g/mol. The molecule has 1 atom stereocenters. The SMILES string of the molecule is C=C(C)C(=O)Oc1ccc(OC(=O)C(C)(CC(C)C)C(C)(C)C)c(OC)c1. The van der Waals surface area contributed by atoms with Crippen LogP contribution in [0.4, 0.5) is 0 Å². The molecule has 5 nitrogen and oxygen atoms in total. The Bertz CT molecular complexity index is 712. The molecular weight excluding hydrogens is 344 g/mol. The predicted molar refractivity (Wildman–Crippen MR) is 106 cm³/mol. The van der Waals surface area contributed by atoms with Crippen molar-refractivity contribution >= 4 is 11.9 Å². The van der Waals surface area contributed by atoms with E-state index in [4.69, 9.17) is 14.2 Å². The van der Waals surface area contributed by atoms with E-state index >= 15 is 0 Å². The molecule has 0 fully saturated rings. The Morgan fingerprint density at radius 2 is 1.67 bits per heavy atom. The molecule has 0 N–H and O–H groups in total. The molecule has 0 radical (unpaired) electrons. The number of benzene rings is 1. The number of rotatable bonds is 7. The van der Waals surface area contributed by atoms with Gasteiger partial charge < -0.3 is 14.2 Å². The van der Waals surface area contributed by atoms with Gasteiger partial charge in [-0.1, -0.05) is 41.2 Å². The summed E-state index contributed by atoms with van der Waals surface area (Å²) in [6.07, 6.45) is 0.700. The van der Waals surface area contributed by atoms with E-state index in [0.29, 0.717) is 29.4 Å². The van der Waals surface area contributed by atoms with Gasteiger partial charge in [0.2, 0.25) is 0 Å². The van der Waals surface area contributed by atoms with E-state index in [1.54, 1.807) is 19.1 Å². The zero-order chi connectivity index (χ0) is 21.0. The van der Waals surface area contributed by atoms with Crippen LogP contribution >= 0.6 is 0 Å². The fourth-order valence-electron chi connectivity index (χ4n) is 2.71. The molecule has 150 valence electrons. The summed E-state index contributed by atoms with van der Waals surface area (Å²) in [6, 6.07) is 4.64. The molecular formula is C22H32O5. The number of methoxy groups -OCH3 is 1. The Kier molecular flexibility index (Phi) is 7.24. The Morgan fingerprint density at radius 1 is 1.07 bits per heavy atom. The molecule has 27 heavy (non-hydrogen) atoms. The van der Waals surface area contributed by atoms with E-state index in [1.807, 2.05) is 27.7 Å². The van der Waals surface area contributed by atoms with Crippen LogP contribution < -0.4 is 14.2 Å². The van der Waals surface area contributed by atoms with Crippen LogP contribution in [0.5, 0.6) is 17.2 Å². The summed E-state index contributed by atoms with van der Waals surface area (Å²) < 4.78 is 16.2. The summed E-state index contributed by atoms with van der Waals surface area (Å²) >= 11 is 0. The average molecular weight is 376 g/mol. The van der Waals surface area contributed by atoms with E-state index in [9.17, 15) is 9.59 Å². The second-order valence-corrected chi connectivity index (χ2v) is 8.55. The van der Waals surface area contributed by atoms with Crippen LogP contribution in [0.1, 0.15) is 54.9 Å². The highest BCUT2D eigenvalue weighted by Gasteiger charge is 2.46. The molecule has 0 aromatic heterocycles. The fourth-order valence-corrected chi connectivity index (χ4v) is 2.71. The average Bonchev–Trinajstić information content (AvgIpc) is 2.54. The molecule has 0 aliphatic rings. The van der Waals surface area contributed by atoms with Gasteiger partial charge in [-0.05, 0) is 43.7 Å². The Hall–Kier alpha value is -2.30. The first-order chi connectivity index (χ1) is 12.3. The molecule has 1 rings (SSSR count). The van der Waals surface area contributed by atoms with Crippen LogP contribution in [0, 0.1) is 16.7 Å². The molecule has 0 saturated heterocycles. The second-order valence-electron chi connectivity index (χ2n) is 8.55. The lowest BCUT2D eigenvalue weighted by molar-refractivity contribution is -0.153. The molecule has 5 heteroatoms. The number of esters is 2. The highest BCUT2D eigenvalue weighted by atomic mass is 16.6. The van der Waals surface area contributed by atoms with Crippen molar-refractivity contribution in [3.05, 3.63) is 30.4 Å². The Balaban J connectivity index is 3.14. The molecule has 0 aliphatic heterocycles. The van der Waals surface area contributed by atoms with E-state index in [1.165, 1.54) is 13.2 Å². The van der Waals surface area contributed by atoms with Crippen molar-refractivity contribution in [1.82, 2.24) is 0 Å². The molecule has 0 amide bonds. The smallest absolute Gasteiger partial charge is 0.338 e. The minimum absolute atomic E-state index is 0.279. The molecule has 1 aromatic carbocycles. The highest BCUT2D eigenvalue weighted by molar-refractivity contribution is 5.89. The number of carbonyl (C=O) groups is 2. The summed E-state index contributed by atoms with van der Waals surface area (Å²) in [4.78, 5) is 24.7. The van der Waals surface area contributed by atoms with Gasteiger partial charge in [0, 0.05) is 11.6 Å². The quantitative estimate of drug-likeness (QED) is 0.373. The van der Waals surface area contributed by atoms with Crippen LogP contribution in [0.15, 0.2) is 30.4 Å².